The van der Waals surface area contributed by atoms with E-state index in [1.807, 2.05) is 43.3 Å². The quantitative estimate of drug-likeness (QED) is 0.788. The van der Waals surface area contributed by atoms with Gasteiger partial charge in [-0.2, -0.15) is 0 Å². The topological polar surface area (TPSA) is 33.2 Å². The van der Waals surface area contributed by atoms with Crippen molar-refractivity contribution in [3.05, 3.63) is 59.9 Å². The number of pyridine rings is 1. The Hall–Kier alpha value is -2.16. The van der Waals surface area contributed by atoms with E-state index in [4.69, 9.17) is 0 Å². The molecule has 0 radical (unpaired) electrons. The minimum absolute atomic E-state index is 0.0521. The number of carbonyl (C=O) groups is 1. The Morgan fingerprint density at radius 1 is 1.12 bits per heavy atom. The third kappa shape index (κ3) is 2.50. The molecule has 1 aromatic heterocycles. The molecule has 2 rings (SSSR count). The Kier molecular flexibility index (Phi) is 3.19. The van der Waals surface area contributed by atoms with Gasteiger partial charge in [-0.15, -0.1) is 0 Å². The highest BCUT2D eigenvalue weighted by Gasteiger charge is 2.12. The molecule has 17 heavy (non-hydrogen) atoms. The van der Waals surface area contributed by atoms with E-state index < -0.39 is 0 Å². The first-order valence-electron chi connectivity index (χ1n) is 5.44. The van der Waals surface area contributed by atoms with Gasteiger partial charge in [-0.05, 0) is 31.2 Å². The Bertz CT molecular complexity index is 506. The third-order valence-corrected chi connectivity index (χ3v) is 2.61. The SMILES string of the molecule is Cc1ccc(C(=O)N(C)c2ccccc2)cn1. The summed E-state index contributed by atoms with van der Waals surface area (Å²) in [5, 5.41) is 0. The molecule has 1 heterocycles. The molecule has 3 nitrogen and oxygen atoms in total. The predicted octanol–water partition coefficient (Wildman–Crippen LogP) is 2.67. The smallest absolute Gasteiger partial charge is 0.259 e. The first-order valence-corrected chi connectivity index (χ1v) is 5.44. The molecule has 0 spiro atoms. The van der Waals surface area contributed by atoms with Gasteiger partial charge in [-0.3, -0.25) is 9.78 Å². The molecule has 1 amide bonds. The lowest BCUT2D eigenvalue weighted by Crippen LogP contribution is -2.26. The van der Waals surface area contributed by atoms with Gasteiger partial charge in [0, 0.05) is 24.6 Å². The van der Waals surface area contributed by atoms with E-state index in [2.05, 4.69) is 4.98 Å². The van der Waals surface area contributed by atoms with Gasteiger partial charge in [0.15, 0.2) is 0 Å². The summed E-state index contributed by atoms with van der Waals surface area (Å²) >= 11 is 0. The average molecular weight is 226 g/mol. The van der Waals surface area contributed by atoms with Gasteiger partial charge >= 0.3 is 0 Å². The molecule has 0 saturated carbocycles. The molecule has 86 valence electrons. The standard InChI is InChI=1S/C14H14N2O/c1-11-8-9-12(10-15-11)14(17)16(2)13-6-4-3-5-7-13/h3-10H,1-2H3. The zero-order valence-corrected chi connectivity index (χ0v) is 9.92. The summed E-state index contributed by atoms with van der Waals surface area (Å²) in [5.74, 6) is -0.0521. The third-order valence-electron chi connectivity index (χ3n) is 2.61. The molecule has 0 aliphatic heterocycles. The largest absolute Gasteiger partial charge is 0.311 e. The highest BCUT2D eigenvalue weighted by molar-refractivity contribution is 6.05. The number of aryl methyl sites for hydroxylation is 1. The number of rotatable bonds is 2. The minimum Gasteiger partial charge on any atom is -0.311 e. The van der Waals surface area contributed by atoms with Crippen molar-refractivity contribution in [2.75, 3.05) is 11.9 Å². The Morgan fingerprint density at radius 2 is 1.82 bits per heavy atom. The van der Waals surface area contributed by atoms with Gasteiger partial charge in [0.25, 0.3) is 5.91 Å². The molecular formula is C14H14N2O. The normalized spacial score (nSPS) is 10.0. The average Bonchev–Trinajstić information content (AvgIpc) is 2.39. The number of nitrogens with zero attached hydrogens (tertiary/aromatic N) is 2. The van der Waals surface area contributed by atoms with E-state index in [-0.39, 0.29) is 5.91 Å². The van der Waals surface area contributed by atoms with Gasteiger partial charge < -0.3 is 4.90 Å². The maximum absolute atomic E-state index is 12.1. The monoisotopic (exact) mass is 226 g/mol. The molecule has 0 unspecified atom stereocenters. The van der Waals surface area contributed by atoms with Crippen molar-refractivity contribution in [2.24, 2.45) is 0 Å². The van der Waals surface area contributed by atoms with E-state index >= 15 is 0 Å². The van der Waals surface area contributed by atoms with Crippen LogP contribution in [0.3, 0.4) is 0 Å². The molecular weight excluding hydrogens is 212 g/mol. The number of hydrogen-bond acceptors (Lipinski definition) is 2. The van der Waals surface area contributed by atoms with Gasteiger partial charge in [0.1, 0.15) is 0 Å². The first kappa shape index (κ1) is 11.3. The Balaban J connectivity index is 2.23. The summed E-state index contributed by atoms with van der Waals surface area (Å²) in [6, 6.07) is 13.2. The number of benzene rings is 1. The van der Waals surface area contributed by atoms with Gasteiger partial charge in [0.2, 0.25) is 0 Å². The summed E-state index contributed by atoms with van der Waals surface area (Å²) in [5.41, 5.74) is 2.38. The zero-order chi connectivity index (χ0) is 12.3. The fraction of sp³-hybridized carbons (Fsp3) is 0.143. The van der Waals surface area contributed by atoms with Crippen molar-refractivity contribution in [1.82, 2.24) is 4.98 Å². The van der Waals surface area contributed by atoms with Crippen LogP contribution in [0.25, 0.3) is 0 Å². The molecule has 2 aromatic rings. The molecule has 0 saturated heterocycles. The number of hydrogen-bond donors (Lipinski definition) is 0. The molecule has 0 bridgehead atoms. The molecule has 0 N–H and O–H groups in total. The lowest BCUT2D eigenvalue weighted by atomic mass is 10.2. The van der Waals surface area contributed by atoms with Crippen LogP contribution in [-0.2, 0) is 0 Å². The summed E-state index contributed by atoms with van der Waals surface area (Å²) in [4.78, 5) is 17.9. The van der Waals surface area contributed by atoms with E-state index in [0.717, 1.165) is 11.4 Å². The van der Waals surface area contributed by atoms with Gasteiger partial charge in [0.05, 0.1) is 5.56 Å². The van der Waals surface area contributed by atoms with Crippen LogP contribution in [0, 0.1) is 6.92 Å². The fourth-order valence-corrected chi connectivity index (χ4v) is 1.56. The van der Waals surface area contributed by atoms with Gasteiger partial charge in [-0.1, -0.05) is 18.2 Å². The molecule has 0 aliphatic rings. The van der Waals surface area contributed by atoms with Crippen molar-refractivity contribution < 1.29 is 4.79 Å². The predicted molar refractivity (Wildman–Crippen MR) is 68.1 cm³/mol. The van der Waals surface area contributed by atoms with Crippen LogP contribution in [0.2, 0.25) is 0 Å². The number of aromatic nitrogens is 1. The number of para-hydroxylation sites is 1. The van der Waals surface area contributed by atoms with Crippen molar-refractivity contribution in [2.45, 2.75) is 6.92 Å². The van der Waals surface area contributed by atoms with Crippen molar-refractivity contribution in [3.63, 3.8) is 0 Å². The lowest BCUT2D eigenvalue weighted by Gasteiger charge is -2.17. The second-order valence-electron chi connectivity index (χ2n) is 3.89. The van der Waals surface area contributed by atoms with E-state index in [1.54, 1.807) is 24.2 Å². The van der Waals surface area contributed by atoms with Crippen molar-refractivity contribution in [3.8, 4) is 0 Å². The van der Waals surface area contributed by atoms with Crippen LogP contribution < -0.4 is 4.90 Å². The Morgan fingerprint density at radius 3 is 2.41 bits per heavy atom. The number of anilines is 1. The van der Waals surface area contributed by atoms with Crippen LogP contribution in [-0.4, -0.2) is 17.9 Å². The van der Waals surface area contributed by atoms with Crippen molar-refractivity contribution >= 4 is 11.6 Å². The number of carbonyl (C=O) groups excluding carboxylic acids is 1. The second kappa shape index (κ2) is 4.78. The lowest BCUT2D eigenvalue weighted by molar-refractivity contribution is 0.0992. The molecule has 0 fully saturated rings. The first-order chi connectivity index (χ1) is 8.18. The van der Waals surface area contributed by atoms with Crippen LogP contribution in [0.1, 0.15) is 16.1 Å². The van der Waals surface area contributed by atoms with E-state index in [0.29, 0.717) is 5.56 Å². The maximum Gasteiger partial charge on any atom is 0.259 e. The van der Waals surface area contributed by atoms with Gasteiger partial charge in [-0.25, -0.2) is 0 Å². The zero-order valence-electron chi connectivity index (χ0n) is 9.92. The van der Waals surface area contributed by atoms with Crippen LogP contribution in [0.5, 0.6) is 0 Å². The summed E-state index contributed by atoms with van der Waals surface area (Å²) in [6.07, 6.45) is 1.61. The Labute approximate surface area is 101 Å². The summed E-state index contributed by atoms with van der Waals surface area (Å²) < 4.78 is 0. The van der Waals surface area contributed by atoms with Crippen LogP contribution in [0.4, 0.5) is 5.69 Å². The van der Waals surface area contributed by atoms with Crippen molar-refractivity contribution in [1.29, 1.82) is 0 Å². The summed E-state index contributed by atoms with van der Waals surface area (Å²) in [6.45, 7) is 1.90. The minimum atomic E-state index is -0.0521. The highest BCUT2D eigenvalue weighted by Crippen LogP contribution is 2.14. The highest BCUT2D eigenvalue weighted by atomic mass is 16.2. The maximum atomic E-state index is 12.1. The summed E-state index contributed by atoms with van der Waals surface area (Å²) in [7, 11) is 1.76. The molecule has 3 heteroatoms. The van der Waals surface area contributed by atoms with Crippen LogP contribution in [0.15, 0.2) is 48.7 Å². The van der Waals surface area contributed by atoms with Crippen LogP contribution >= 0.6 is 0 Å². The van der Waals surface area contributed by atoms with E-state index in [9.17, 15) is 4.79 Å². The molecule has 0 aliphatic carbocycles. The molecule has 0 atom stereocenters. The molecule has 1 aromatic carbocycles. The number of amides is 1. The van der Waals surface area contributed by atoms with E-state index in [1.165, 1.54) is 0 Å². The fourth-order valence-electron chi connectivity index (χ4n) is 1.56. The second-order valence-corrected chi connectivity index (χ2v) is 3.89.